The Bertz CT molecular complexity index is 3100. The van der Waals surface area contributed by atoms with Gasteiger partial charge in [0.1, 0.15) is 22.2 Å². The fraction of sp³-hybridized carbons (Fsp3) is 0.333. The van der Waals surface area contributed by atoms with Crippen LogP contribution in [0.25, 0.3) is 22.2 Å². The van der Waals surface area contributed by atoms with E-state index in [1.165, 1.54) is 0 Å². The predicted molar refractivity (Wildman–Crippen MR) is 279 cm³/mol. The molecule has 0 aliphatic heterocycles. The van der Waals surface area contributed by atoms with E-state index in [1.54, 1.807) is 53.4 Å². The second-order valence-corrected chi connectivity index (χ2v) is 20.5. The van der Waals surface area contributed by atoms with Crippen LogP contribution in [-0.2, 0) is 43.0 Å². The Morgan fingerprint density at radius 1 is 0.625 bits per heavy atom. The van der Waals surface area contributed by atoms with Gasteiger partial charge in [-0.25, -0.2) is 19.0 Å². The lowest BCUT2D eigenvalue weighted by atomic mass is 9.81. The van der Waals surface area contributed by atoms with E-state index in [0.717, 1.165) is 59.5 Å². The van der Waals surface area contributed by atoms with Gasteiger partial charge < -0.3 is 30.2 Å². The molecule has 4 N–H and O–H groups in total. The number of anilines is 2. The van der Waals surface area contributed by atoms with E-state index in [9.17, 15) is 9.59 Å². The fourth-order valence-corrected chi connectivity index (χ4v) is 8.34. The first-order valence-corrected chi connectivity index (χ1v) is 24.4. The molecule has 2 aliphatic rings. The Morgan fingerprint density at radius 2 is 1.07 bits per heavy atom. The zero-order valence-electron chi connectivity index (χ0n) is 41.4. The molecule has 372 valence electrons. The highest BCUT2D eigenvalue weighted by atomic mass is 35.5. The topological polar surface area (TPSA) is 203 Å². The Hall–Kier alpha value is -7.21. The van der Waals surface area contributed by atoms with Gasteiger partial charge in [0.15, 0.2) is 23.3 Å². The number of nitrogens with one attached hydrogen (secondary N) is 2. The molecule has 10 rings (SSSR count). The highest BCUT2D eigenvalue weighted by Crippen LogP contribution is 2.51. The third-order valence-electron chi connectivity index (χ3n) is 11.9. The predicted octanol–water partition coefficient (Wildman–Crippen LogP) is 8.69. The summed E-state index contributed by atoms with van der Waals surface area (Å²) < 4.78 is 14.7. The van der Waals surface area contributed by atoms with Crippen molar-refractivity contribution in [3.63, 3.8) is 0 Å². The number of benzene rings is 2. The van der Waals surface area contributed by atoms with Gasteiger partial charge >= 0.3 is 19.1 Å². The smallest absolute Gasteiger partial charge is 0.460 e. The van der Waals surface area contributed by atoms with Crippen LogP contribution in [-0.4, -0.2) is 79.5 Å². The molecule has 0 atom stereocenters. The van der Waals surface area contributed by atoms with Gasteiger partial charge in [-0.05, 0) is 115 Å². The first kappa shape index (κ1) is 51.2. The molecule has 72 heavy (non-hydrogen) atoms. The van der Waals surface area contributed by atoms with Crippen molar-refractivity contribution < 1.29 is 29.1 Å². The van der Waals surface area contributed by atoms with Gasteiger partial charge in [0.25, 0.3) is 0 Å². The molecule has 0 spiro atoms. The van der Waals surface area contributed by atoms with Crippen LogP contribution in [0.15, 0.2) is 134 Å². The maximum atomic E-state index is 12.6. The van der Waals surface area contributed by atoms with E-state index in [2.05, 4.69) is 43.9 Å². The van der Waals surface area contributed by atoms with Crippen molar-refractivity contribution in [1.29, 1.82) is 0 Å². The molecule has 0 amide bonds. The Labute approximate surface area is 424 Å². The Kier molecular flexibility index (Phi) is 15.4. The molecule has 6 aromatic heterocycles. The molecule has 2 saturated carbocycles. The van der Waals surface area contributed by atoms with Crippen LogP contribution in [0.3, 0.4) is 0 Å². The number of carbonyl (C=O) groups is 2. The van der Waals surface area contributed by atoms with Crippen molar-refractivity contribution in [1.82, 2.24) is 39.2 Å². The highest BCUT2D eigenvalue weighted by molar-refractivity contribution is 6.58. The maximum Gasteiger partial charge on any atom is 0.488 e. The third kappa shape index (κ3) is 13.2. The number of hydrogen-bond acceptors (Lipinski definition) is 14. The number of esters is 2. The molecular weight excluding hydrogens is 931 g/mol. The van der Waals surface area contributed by atoms with Gasteiger partial charge in [-0.2, -0.15) is 10.2 Å². The molecule has 16 nitrogen and oxygen atoms in total. The fourth-order valence-electron chi connectivity index (χ4n) is 8.11. The summed E-state index contributed by atoms with van der Waals surface area (Å²) in [6, 6.07) is 34.3. The van der Waals surface area contributed by atoms with Crippen LogP contribution >= 0.6 is 11.6 Å². The highest BCUT2D eigenvalue weighted by Gasteiger charge is 2.51. The molecular formula is C54H60BClN10O6. The normalized spacial score (nSPS) is 14.2. The lowest BCUT2D eigenvalue weighted by Gasteiger charge is -2.22. The summed E-state index contributed by atoms with van der Waals surface area (Å²) in [6.07, 6.45) is 11.3. The number of carbonyl (C=O) groups excluding carboxylic acids is 2. The molecule has 6 heterocycles. The van der Waals surface area contributed by atoms with Crippen molar-refractivity contribution in [2.24, 2.45) is 0 Å². The Balaban J connectivity index is 0.000000166. The van der Waals surface area contributed by atoms with Crippen LogP contribution in [0.1, 0.15) is 103 Å². The number of nitrogens with zero attached hydrogens (tertiary/aromatic N) is 8. The third-order valence-corrected chi connectivity index (χ3v) is 12.2. The van der Waals surface area contributed by atoms with Gasteiger partial charge in [-0.15, -0.1) is 0 Å². The number of pyridine rings is 2. The minimum absolute atomic E-state index is 0.214. The molecule has 0 radical (unpaired) electrons. The van der Waals surface area contributed by atoms with Crippen LogP contribution < -0.4 is 16.1 Å². The summed E-state index contributed by atoms with van der Waals surface area (Å²) in [5.41, 5.74) is 4.30. The molecule has 2 aliphatic carbocycles. The quantitative estimate of drug-likeness (QED) is 0.0595. The molecule has 2 fully saturated rings. The number of aromatic nitrogens is 8. The van der Waals surface area contributed by atoms with Crippen molar-refractivity contribution >= 4 is 58.8 Å². The van der Waals surface area contributed by atoms with Gasteiger partial charge in [0.2, 0.25) is 0 Å². The first-order valence-electron chi connectivity index (χ1n) is 24.0. The van der Waals surface area contributed by atoms with Crippen molar-refractivity contribution in [3.05, 3.63) is 162 Å². The number of ether oxygens (including phenoxy) is 2. The van der Waals surface area contributed by atoms with E-state index in [0.29, 0.717) is 46.6 Å². The van der Waals surface area contributed by atoms with Gasteiger partial charge in [-0.1, -0.05) is 84.4 Å². The summed E-state index contributed by atoms with van der Waals surface area (Å²) >= 11 is 6.37. The van der Waals surface area contributed by atoms with Crippen LogP contribution in [0, 0.1) is 0 Å². The van der Waals surface area contributed by atoms with Crippen molar-refractivity contribution in [2.75, 3.05) is 10.6 Å². The summed E-state index contributed by atoms with van der Waals surface area (Å²) in [5.74, 6) is 2.22. The van der Waals surface area contributed by atoms with Crippen molar-refractivity contribution in [2.45, 2.75) is 115 Å². The zero-order chi connectivity index (χ0) is 51.1. The summed E-state index contributed by atoms with van der Waals surface area (Å²) in [4.78, 5) is 43.6. The number of halogens is 1. The van der Waals surface area contributed by atoms with E-state index in [-0.39, 0.29) is 35.6 Å². The average molecular weight is 991 g/mol. The van der Waals surface area contributed by atoms with E-state index in [4.69, 9.17) is 46.2 Å². The molecule has 2 aromatic carbocycles. The molecule has 0 unspecified atom stereocenters. The monoisotopic (exact) mass is 990 g/mol. The number of hydrogen-bond donors (Lipinski definition) is 4. The maximum absolute atomic E-state index is 12.6. The molecule has 0 bridgehead atoms. The average Bonchev–Trinajstić information content (AvgIpc) is 4.23. The van der Waals surface area contributed by atoms with Crippen molar-refractivity contribution in [3.8, 4) is 11.1 Å². The molecule has 8 aromatic rings. The number of rotatable bonds is 14. The minimum atomic E-state index is -1.34. The van der Waals surface area contributed by atoms with Crippen LogP contribution in [0.4, 0.5) is 11.6 Å². The minimum Gasteiger partial charge on any atom is -0.460 e. The lowest BCUT2D eigenvalue weighted by Crippen LogP contribution is -2.29. The summed E-state index contributed by atoms with van der Waals surface area (Å²) in [5, 5.41) is 34.1. The first-order chi connectivity index (χ1) is 34.4. The van der Waals surface area contributed by atoms with E-state index < -0.39 is 18.3 Å². The Morgan fingerprint density at radius 3 is 1.50 bits per heavy atom. The standard InChI is InChI=1S/C27H29N5O2.C21H24ClN5O2.C6H7BO2/c1-26(2,3)34-22(33)17-27(13-14-27)25-30-24(29-18-20-11-7-8-15-28-20)23-21(12-16-32(23)31-25)19-9-5-4-6-10-19;1-20(2,3)29-16(28)12-21(8-9-21)19-25-18(17-15(22)7-11-27(17)26-19)24-13-14-6-4-5-10-23-14;8-7(9)6-4-2-1-3-5-6/h4-12,15-16H,13-14,17-18H2,1-3H3,(H,29,30,31);4-7,10-11H,8-9,12-13H2,1-3H3,(H,24,25,26);1-5,8-9H. The summed E-state index contributed by atoms with van der Waals surface area (Å²) in [6.45, 7) is 12.3. The van der Waals surface area contributed by atoms with Crippen LogP contribution in [0.2, 0.25) is 5.02 Å². The second kappa shape index (κ2) is 21.6. The SMILES string of the molecule is CC(C)(C)OC(=O)CC1(c2nc(NCc3ccccn3)c3c(-c4ccccc4)ccn3n2)CC1.CC(C)(C)OC(=O)CC1(c2nc(NCc3ccccn3)c3c(Cl)ccn3n2)CC1.OB(O)c1ccccc1. The van der Waals surface area contributed by atoms with Gasteiger partial charge in [-0.3, -0.25) is 19.6 Å². The van der Waals surface area contributed by atoms with Gasteiger partial charge in [0.05, 0.1) is 42.3 Å². The molecule has 0 saturated heterocycles. The molecule has 18 heteroatoms. The van der Waals surface area contributed by atoms with E-state index in [1.807, 2.05) is 113 Å². The summed E-state index contributed by atoms with van der Waals surface area (Å²) in [7, 11) is -1.34. The van der Waals surface area contributed by atoms with Crippen LogP contribution in [0.5, 0.6) is 0 Å². The number of fused-ring (bicyclic) bond motifs is 2. The zero-order valence-corrected chi connectivity index (χ0v) is 42.2. The largest absolute Gasteiger partial charge is 0.488 e. The second-order valence-electron chi connectivity index (χ2n) is 20.1. The van der Waals surface area contributed by atoms with E-state index >= 15 is 0 Å². The van der Waals surface area contributed by atoms with Gasteiger partial charge in [0, 0.05) is 41.2 Å². The lowest BCUT2D eigenvalue weighted by molar-refractivity contribution is -0.156.